The number of aryl methyl sites for hydroxylation is 1. The molecule has 0 saturated carbocycles. The second-order valence-corrected chi connectivity index (χ2v) is 4.76. The van der Waals surface area contributed by atoms with Crippen LogP contribution in [0.2, 0.25) is 0 Å². The maximum absolute atomic E-state index is 11.8. The Hall–Kier alpha value is -2.04. The van der Waals surface area contributed by atoms with Gasteiger partial charge >= 0.3 is 0 Å². The van der Waals surface area contributed by atoms with Gasteiger partial charge in [0.15, 0.2) is 0 Å². The zero-order valence-corrected chi connectivity index (χ0v) is 10.9. The fraction of sp³-hybridized carbons (Fsp3) is 0.385. The molecule has 0 aliphatic rings. The van der Waals surface area contributed by atoms with Crippen LogP contribution in [-0.4, -0.2) is 14.3 Å². The number of nitrogens with zero attached hydrogens (tertiary/aromatic N) is 3. The average Bonchev–Trinajstić information content (AvgIpc) is 2.74. The predicted molar refractivity (Wildman–Crippen MR) is 71.6 cm³/mol. The van der Waals surface area contributed by atoms with Crippen LogP contribution in [0.25, 0.3) is 0 Å². The van der Waals surface area contributed by atoms with Gasteiger partial charge in [-0.1, -0.05) is 0 Å². The Morgan fingerprint density at radius 1 is 1.44 bits per heavy atom. The van der Waals surface area contributed by atoms with E-state index in [0.29, 0.717) is 18.3 Å². The summed E-state index contributed by atoms with van der Waals surface area (Å²) < 4.78 is 3.45. The van der Waals surface area contributed by atoms with Crippen molar-refractivity contribution in [2.24, 2.45) is 0 Å². The molecule has 0 unspecified atom stereocenters. The normalized spacial score (nSPS) is 11.1. The summed E-state index contributed by atoms with van der Waals surface area (Å²) in [6.45, 7) is 6.40. The van der Waals surface area contributed by atoms with Crippen molar-refractivity contribution in [2.45, 2.75) is 33.4 Å². The second kappa shape index (κ2) is 4.68. The topological polar surface area (TPSA) is 65.8 Å². The van der Waals surface area contributed by atoms with Crippen molar-refractivity contribution < 1.29 is 0 Å². The molecule has 2 aromatic heterocycles. The minimum Gasteiger partial charge on any atom is -0.397 e. The van der Waals surface area contributed by atoms with Gasteiger partial charge in [0.25, 0.3) is 5.56 Å². The summed E-state index contributed by atoms with van der Waals surface area (Å²) in [4.78, 5) is 11.8. The van der Waals surface area contributed by atoms with E-state index in [2.05, 4.69) is 18.9 Å². The van der Waals surface area contributed by atoms with Crippen molar-refractivity contribution in [2.75, 3.05) is 5.73 Å². The Bertz CT molecular complexity index is 610. The molecule has 0 fully saturated rings. The van der Waals surface area contributed by atoms with Gasteiger partial charge < -0.3 is 10.3 Å². The van der Waals surface area contributed by atoms with E-state index in [1.807, 2.05) is 23.9 Å². The third kappa shape index (κ3) is 2.45. The first-order valence-electron chi connectivity index (χ1n) is 5.98. The van der Waals surface area contributed by atoms with Crippen LogP contribution in [0.4, 0.5) is 5.69 Å². The molecule has 96 valence electrons. The third-order valence-corrected chi connectivity index (χ3v) is 2.90. The van der Waals surface area contributed by atoms with Crippen molar-refractivity contribution >= 4 is 5.69 Å². The standard InChI is InChI=1S/C13H18N4O/c1-9(2)17-5-4-11(15-17)7-16-8-12(14)10(3)6-13(16)18/h4-6,8-9H,7,14H2,1-3H3. The lowest BCUT2D eigenvalue weighted by molar-refractivity contribution is 0.523. The maximum Gasteiger partial charge on any atom is 0.251 e. The second-order valence-electron chi connectivity index (χ2n) is 4.76. The number of hydrogen-bond acceptors (Lipinski definition) is 3. The smallest absolute Gasteiger partial charge is 0.251 e. The van der Waals surface area contributed by atoms with E-state index >= 15 is 0 Å². The monoisotopic (exact) mass is 246 g/mol. The SMILES string of the molecule is Cc1cc(=O)n(Cc2ccn(C(C)C)n2)cc1N. The van der Waals surface area contributed by atoms with Crippen LogP contribution in [0.5, 0.6) is 0 Å². The molecular weight excluding hydrogens is 228 g/mol. The first-order valence-corrected chi connectivity index (χ1v) is 5.98. The zero-order chi connectivity index (χ0) is 13.3. The minimum atomic E-state index is -0.0548. The summed E-state index contributed by atoms with van der Waals surface area (Å²) in [5, 5.41) is 4.41. The largest absolute Gasteiger partial charge is 0.397 e. The van der Waals surface area contributed by atoms with E-state index in [0.717, 1.165) is 11.3 Å². The van der Waals surface area contributed by atoms with E-state index in [-0.39, 0.29) is 5.56 Å². The molecule has 0 radical (unpaired) electrons. The summed E-state index contributed by atoms with van der Waals surface area (Å²) in [6.07, 6.45) is 3.59. The number of aromatic nitrogens is 3. The summed E-state index contributed by atoms with van der Waals surface area (Å²) in [5.41, 5.74) is 8.04. The Morgan fingerprint density at radius 2 is 2.17 bits per heavy atom. The van der Waals surface area contributed by atoms with Crippen LogP contribution in [0.3, 0.4) is 0 Å². The third-order valence-electron chi connectivity index (χ3n) is 2.90. The van der Waals surface area contributed by atoms with Crippen LogP contribution < -0.4 is 11.3 Å². The van der Waals surface area contributed by atoms with E-state index in [1.165, 1.54) is 0 Å². The lowest BCUT2D eigenvalue weighted by Crippen LogP contribution is -2.21. The van der Waals surface area contributed by atoms with Crippen LogP contribution in [-0.2, 0) is 6.54 Å². The van der Waals surface area contributed by atoms with Gasteiger partial charge in [0.05, 0.1) is 17.9 Å². The molecule has 0 bridgehead atoms. The molecule has 0 aliphatic carbocycles. The van der Waals surface area contributed by atoms with Crippen molar-refractivity contribution in [1.82, 2.24) is 14.3 Å². The Balaban J connectivity index is 2.28. The van der Waals surface area contributed by atoms with Gasteiger partial charge in [0.2, 0.25) is 0 Å². The molecule has 2 heterocycles. The van der Waals surface area contributed by atoms with Gasteiger partial charge in [-0.2, -0.15) is 5.10 Å². The van der Waals surface area contributed by atoms with E-state index in [1.54, 1.807) is 16.8 Å². The van der Waals surface area contributed by atoms with Crippen LogP contribution >= 0.6 is 0 Å². The number of hydrogen-bond donors (Lipinski definition) is 1. The van der Waals surface area contributed by atoms with E-state index < -0.39 is 0 Å². The molecular formula is C13H18N4O. The molecule has 0 aromatic carbocycles. The minimum absolute atomic E-state index is 0.0548. The molecule has 18 heavy (non-hydrogen) atoms. The van der Waals surface area contributed by atoms with Gasteiger partial charge in [-0.25, -0.2) is 0 Å². The molecule has 0 aliphatic heterocycles. The summed E-state index contributed by atoms with van der Waals surface area (Å²) in [5.74, 6) is 0. The first kappa shape index (κ1) is 12.4. The van der Waals surface area contributed by atoms with Crippen molar-refractivity contribution in [3.63, 3.8) is 0 Å². The number of pyridine rings is 1. The Labute approximate surface area is 106 Å². The van der Waals surface area contributed by atoms with Crippen LogP contribution in [0, 0.1) is 6.92 Å². The first-order chi connectivity index (χ1) is 8.47. The molecule has 2 rings (SSSR count). The predicted octanol–water partition coefficient (Wildman–Crippen LogP) is 1.56. The highest BCUT2D eigenvalue weighted by molar-refractivity contribution is 5.43. The lowest BCUT2D eigenvalue weighted by Gasteiger charge is -2.07. The number of nitrogens with two attached hydrogens (primary N) is 1. The fourth-order valence-electron chi connectivity index (χ4n) is 1.73. The highest BCUT2D eigenvalue weighted by Crippen LogP contribution is 2.08. The fourth-order valence-corrected chi connectivity index (χ4v) is 1.73. The Morgan fingerprint density at radius 3 is 2.78 bits per heavy atom. The van der Waals surface area contributed by atoms with Crippen LogP contribution in [0.1, 0.15) is 31.1 Å². The van der Waals surface area contributed by atoms with Gasteiger partial charge in [0.1, 0.15) is 0 Å². The quantitative estimate of drug-likeness (QED) is 0.893. The number of anilines is 1. The summed E-state index contributed by atoms with van der Waals surface area (Å²) in [6, 6.07) is 3.79. The molecule has 0 amide bonds. The Kier molecular flexibility index (Phi) is 3.23. The van der Waals surface area contributed by atoms with Crippen molar-refractivity contribution in [1.29, 1.82) is 0 Å². The van der Waals surface area contributed by atoms with Crippen molar-refractivity contribution in [3.05, 3.63) is 46.1 Å². The maximum atomic E-state index is 11.8. The van der Waals surface area contributed by atoms with E-state index in [4.69, 9.17) is 5.73 Å². The average molecular weight is 246 g/mol. The molecule has 2 aromatic rings. The highest BCUT2D eigenvalue weighted by Gasteiger charge is 2.05. The highest BCUT2D eigenvalue weighted by atomic mass is 16.1. The molecule has 5 heteroatoms. The lowest BCUT2D eigenvalue weighted by atomic mass is 10.2. The van der Waals surface area contributed by atoms with Gasteiger partial charge in [-0.15, -0.1) is 0 Å². The molecule has 5 nitrogen and oxygen atoms in total. The number of nitrogen functional groups attached to an aromatic ring is 1. The van der Waals surface area contributed by atoms with E-state index in [9.17, 15) is 4.79 Å². The molecule has 0 saturated heterocycles. The summed E-state index contributed by atoms with van der Waals surface area (Å²) >= 11 is 0. The van der Waals surface area contributed by atoms with Gasteiger partial charge in [-0.3, -0.25) is 9.48 Å². The number of rotatable bonds is 3. The molecule has 2 N–H and O–H groups in total. The van der Waals surface area contributed by atoms with Gasteiger partial charge in [0, 0.05) is 24.5 Å². The van der Waals surface area contributed by atoms with Crippen LogP contribution in [0.15, 0.2) is 29.3 Å². The zero-order valence-electron chi connectivity index (χ0n) is 10.9. The molecule has 0 spiro atoms. The van der Waals surface area contributed by atoms with Crippen molar-refractivity contribution in [3.8, 4) is 0 Å². The summed E-state index contributed by atoms with van der Waals surface area (Å²) in [7, 11) is 0. The van der Waals surface area contributed by atoms with Gasteiger partial charge in [-0.05, 0) is 32.4 Å². The molecule has 0 atom stereocenters.